The summed E-state index contributed by atoms with van der Waals surface area (Å²) >= 11 is 6.27. The molecule has 4 rings (SSSR count). The molecule has 0 aliphatic carbocycles. The Bertz CT molecular complexity index is 861. The summed E-state index contributed by atoms with van der Waals surface area (Å²) < 4.78 is 1.77. The minimum atomic E-state index is 0.196. The molecular formula is C17H19ClN6. The Kier molecular flexibility index (Phi) is 4.00. The Balaban J connectivity index is 1.74. The lowest BCUT2D eigenvalue weighted by Gasteiger charge is -2.32. The molecule has 3 N–H and O–H groups in total. The smallest absolute Gasteiger partial charge is 0.159 e. The van der Waals surface area contributed by atoms with Gasteiger partial charge in [-0.25, -0.2) is 4.98 Å². The van der Waals surface area contributed by atoms with Crippen molar-refractivity contribution < 1.29 is 0 Å². The van der Waals surface area contributed by atoms with Gasteiger partial charge in [0.15, 0.2) is 5.65 Å². The van der Waals surface area contributed by atoms with Crippen molar-refractivity contribution in [3.8, 4) is 0 Å². The van der Waals surface area contributed by atoms with Crippen LogP contribution in [0.3, 0.4) is 0 Å². The van der Waals surface area contributed by atoms with Crippen molar-refractivity contribution >= 4 is 34.6 Å². The summed E-state index contributed by atoms with van der Waals surface area (Å²) in [5.41, 5.74) is 7.75. The second-order valence-corrected chi connectivity index (χ2v) is 6.46. The van der Waals surface area contributed by atoms with E-state index >= 15 is 0 Å². The second kappa shape index (κ2) is 6.30. The molecule has 0 amide bonds. The first-order valence-corrected chi connectivity index (χ1v) is 8.45. The fourth-order valence-electron chi connectivity index (χ4n) is 3.07. The number of anilines is 3. The summed E-state index contributed by atoms with van der Waals surface area (Å²) in [6.45, 7) is 1.79. The normalized spacial score (nSPS) is 18.1. The van der Waals surface area contributed by atoms with Crippen molar-refractivity contribution in [1.82, 2.24) is 14.6 Å². The summed E-state index contributed by atoms with van der Waals surface area (Å²) in [5, 5.41) is 8.38. The van der Waals surface area contributed by atoms with E-state index in [2.05, 4.69) is 15.3 Å². The van der Waals surface area contributed by atoms with Gasteiger partial charge < -0.3 is 16.0 Å². The van der Waals surface area contributed by atoms with E-state index in [9.17, 15) is 0 Å². The highest BCUT2D eigenvalue weighted by Crippen LogP contribution is 2.28. The number of para-hydroxylation sites is 1. The van der Waals surface area contributed by atoms with Gasteiger partial charge >= 0.3 is 0 Å². The van der Waals surface area contributed by atoms with E-state index in [1.807, 2.05) is 36.4 Å². The van der Waals surface area contributed by atoms with Gasteiger partial charge in [0, 0.05) is 31.3 Å². The lowest BCUT2D eigenvalue weighted by Crippen LogP contribution is -2.43. The van der Waals surface area contributed by atoms with Crippen LogP contribution in [0.4, 0.5) is 17.3 Å². The maximum absolute atomic E-state index is 6.27. The average Bonchev–Trinajstić information content (AvgIpc) is 3.06. The number of aromatic nitrogens is 3. The Morgan fingerprint density at radius 3 is 2.96 bits per heavy atom. The van der Waals surface area contributed by atoms with Gasteiger partial charge in [-0.3, -0.25) is 0 Å². The quantitative estimate of drug-likeness (QED) is 0.765. The predicted molar refractivity (Wildman–Crippen MR) is 97.1 cm³/mol. The highest BCUT2D eigenvalue weighted by atomic mass is 35.5. The van der Waals surface area contributed by atoms with E-state index in [0.29, 0.717) is 5.02 Å². The number of fused-ring (bicyclic) bond motifs is 1. The van der Waals surface area contributed by atoms with Gasteiger partial charge in [-0.15, -0.1) is 0 Å². The molecule has 24 heavy (non-hydrogen) atoms. The van der Waals surface area contributed by atoms with Gasteiger partial charge in [-0.2, -0.15) is 9.61 Å². The standard InChI is InChI=1S/C17H19ClN6/c18-13-5-1-2-6-14(13)21-17-10-16(22-15-7-8-20-24(15)17)23-9-3-4-12(19)11-23/h1-2,5-8,10,12,21H,3-4,9,11,19H2/t12-/m1/s1. The third kappa shape index (κ3) is 2.90. The zero-order valence-corrected chi connectivity index (χ0v) is 13.9. The van der Waals surface area contributed by atoms with E-state index < -0.39 is 0 Å². The van der Waals surface area contributed by atoms with Crippen molar-refractivity contribution in [3.63, 3.8) is 0 Å². The predicted octanol–water partition coefficient (Wildman–Crippen LogP) is 3.05. The maximum atomic E-state index is 6.27. The van der Waals surface area contributed by atoms with E-state index in [-0.39, 0.29) is 6.04 Å². The summed E-state index contributed by atoms with van der Waals surface area (Å²) in [6.07, 6.45) is 3.89. The number of halogens is 1. The van der Waals surface area contributed by atoms with Crippen LogP contribution in [0.25, 0.3) is 5.65 Å². The van der Waals surface area contributed by atoms with E-state index in [0.717, 1.165) is 48.9 Å². The molecule has 124 valence electrons. The third-order valence-corrected chi connectivity index (χ3v) is 4.59. The van der Waals surface area contributed by atoms with Crippen LogP contribution in [-0.2, 0) is 0 Å². The van der Waals surface area contributed by atoms with Crippen LogP contribution in [0.1, 0.15) is 12.8 Å². The summed E-state index contributed by atoms with van der Waals surface area (Å²) in [5.74, 6) is 1.74. The lowest BCUT2D eigenvalue weighted by atomic mass is 10.1. The second-order valence-electron chi connectivity index (χ2n) is 6.05. The number of nitrogens with two attached hydrogens (primary N) is 1. The Morgan fingerprint density at radius 2 is 2.12 bits per heavy atom. The van der Waals surface area contributed by atoms with Crippen molar-refractivity contribution in [3.05, 3.63) is 47.6 Å². The molecular weight excluding hydrogens is 324 g/mol. The van der Waals surface area contributed by atoms with E-state index in [1.165, 1.54) is 0 Å². The number of hydrogen-bond donors (Lipinski definition) is 2. The van der Waals surface area contributed by atoms with E-state index in [1.54, 1.807) is 10.7 Å². The number of nitrogens with zero attached hydrogens (tertiary/aromatic N) is 4. The van der Waals surface area contributed by atoms with Crippen LogP contribution in [0.2, 0.25) is 5.02 Å². The van der Waals surface area contributed by atoms with Crippen LogP contribution >= 0.6 is 11.6 Å². The SMILES string of the molecule is N[C@@H]1CCCN(c2cc(Nc3ccccc3Cl)n3nccc3n2)C1. The summed E-state index contributed by atoms with van der Waals surface area (Å²) in [7, 11) is 0. The largest absolute Gasteiger partial charge is 0.355 e. The monoisotopic (exact) mass is 342 g/mol. The van der Waals surface area contributed by atoms with Crippen molar-refractivity contribution in [2.24, 2.45) is 5.73 Å². The molecule has 2 aromatic heterocycles. The number of benzene rings is 1. The Morgan fingerprint density at radius 1 is 1.25 bits per heavy atom. The molecule has 7 heteroatoms. The molecule has 0 spiro atoms. The molecule has 0 unspecified atom stereocenters. The first kappa shape index (κ1) is 15.2. The fraction of sp³-hybridized carbons (Fsp3) is 0.294. The molecule has 0 radical (unpaired) electrons. The number of hydrogen-bond acceptors (Lipinski definition) is 5. The zero-order chi connectivity index (χ0) is 16.5. The number of piperidine rings is 1. The Labute approximate surface area is 145 Å². The van der Waals surface area contributed by atoms with Gasteiger partial charge in [-0.1, -0.05) is 23.7 Å². The van der Waals surface area contributed by atoms with Crippen molar-refractivity contribution in [2.75, 3.05) is 23.3 Å². The zero-order valence-electron chi connectivity index (χ0n) is 13.2. The maximum Gasteiger partial charge on any atom is 0.159 e. The summed E-state index contributed by atoms with van der Waals surface area (Å²) in [4.78, 5) is 6.95. The minimum Gasteiger partial charge on any atom is -0.355 e. The third-order valence-electron chi connectivity index (χ3n) is 4.26. The van der Waals surface area contributed by atoms with Crippen LogP contribution in [-0.4, -0.2) is 33.7 Å². The van der Waals surface area contributed by atoms with Gasteiger partial charge in [-0.05, 0) is 25.0 Å². The van der Waals surface area contributed by atoms with Crippen molar-refractivity contribution in [2.45, 2.75) is 18.9 Å². The molecule has 1 fully saturated rings. The van der Waals surface area contributed by atoms with E-state index in [4.69, 9.17) is 22.3 Å². The molecule has 1 aliphatic heterocycles. The van der Waals surface area contributed by atoms with Crippen LogP contribution in [0.15, 0.2) is 42.6 Å². The molecule has 6 nitrogen and oxygen atoms in total. The molecule has 1 aromatic carbocycles. The first-order chi connectivity index (χ1) is 11.7. The summed E-state index contributed by atoms with van der Waals surface area (Å²) in [6, 6.07) is 11.7. The Hall–Kier alpha value is -2.31. The lowest BCUT2D eigenvalue weighted by molar-refractivity contribution is 0.503. The molecule has 0 bridgehead atoms. The molecule has 0 saturated carbocycles. The van der Waals surface area contributed by atoms with Crippen molar-refractivity contribution in [1.29, 1.82) is 0 Å². The highest BCUT2D eigenvalue weighted by molar-refractivity contribution is 6.33. The average molecular weight is 343 g/mol. The van der Waals surface area contributed by atoms with Gasteiger partial charge in [0.25, 0.3) is 0 Å². The molecule has 1 saturated heterocycles. The van der Waals surface area contributed by atoms with Gasteiger partial charge in [0.1, 0.15) is 11.6 Å². The fourth-order valence-corrected chi connectivity index (χ4v) is 3.25. The molecule has 1 aliphatic rings. The van der Waals surface area contributed by atoms with Gasteiger partial charge in [0.2, 0.25) is 0 Å². The minimum absolute atomic E-state index is 0.196. The number of nitrogens with one attached hydrogen (secondary N) is 1. The molecule has 3 aromatic rings. The van der Waals surface area contributed by atoms with Crippen LogP contribution in [0, 0.1) is 0 Å². The van der Waals surface area contributed by atoms with Gasteiger partial charge in [0.05, 0.1) is 16.9 Å². The topological polar surface area (TPSA) is 71.5 Å². The molecule has 1 atom stereocenters. The number of rotatable bonds is 3. The first-order valence-electron chi connectivity index (χ1n) is 8.07. The highest BCUT2D eigenvalue weighted by Gasteiger charge is 2.19. The molecule has 3 heterocycles. The van der Waals surface area contributed by atoms with Crippen LogP contribution < -0.4 is 16.0 Å². The van der Waals surface area contributed by atoms with Crippen LogP contribution in [0.5, 0.6) is 0 Å².